The Morgan fingerprint density at radius 3 is 2.50 bits per heavy atom. The number of halogens is 1. The van der Waals surface area contributed by atoms with Crippen molar-refractivity contribution in [3.63, 3.8) is 0 Å². The molecule has 0 aliphatic heterocycles. The maximum Gasteiger partial charge on any atom is 0.123 e. The molecular weight excluding hydrogens is 175 g/mol. The Morgan fingerprint density at radius 1 is 1.14 bits per heavy atom. The van der Waals surface area contributed by atoms with E-state index in [2.05, 4.69) is 13.0 Å². The fraction of sp³-hybridized carbons (Fsp3) is 0.538. The molecule has 1 aliphatic rings. The minimum Gasteiger partial charge on any atom is -0.207 e. The Kier molecular flexibility index (Phi) is 2.85. The fourth-order valence-corrected chi connectivity index (χ4v) is 2.35. The quantitative estimate of drug-likeness (QED) is 0.628. The zero-order valence-corrected chi connectivity index (χ0v) is 8.67. The van der Waals surface area contributed by atoms with Gasteiger partial charge in [0.05, 0.1) is 0 Å². The van der Waals surface area contributed by atoms with Crippen LogP contribution in [0, 0.1) is 11.7 Å². The molecule has 1 heteroatoms. The van der Waals surface area contributed by atoms with Gasteiger partial charge in [-0.25, -0.2) is 4.39 Å². The van der Waals surface area contributed by atoms with Crippen molar-refractivity contribution in [1.82, 2.24) is 0 Å². The second kappa shape index (κ2) is 4.12. The van der Waals surface area contributed by atoms with Gasteiger partial charge in [0.15, 0.2) is 0 Å². The number of benzene rings is 1. The van der Waals surface area contributed by atoms with Gasteiger partial charge in [0, 0.05) is 0 Å². The molecule has 1 aliphatic carbocycles. The van der Waals surface area contributed by atoms with Crippen LogP contribution in [0.5, 0.6) is 0 Å². The molecule has 0 atom stereocenters. The van der Waals surface area contributed by atoms with Crippen molar-refractivity contribution in [3.05, 3.63) is 35.6 Å². The minimum atomic E-state index is -0.0962. The third-order valence-corrected chi connectivity index (χ3v) is 3.34. The molecule has 0 amide bonds. The summed E-state index contributed by atoms with van der Waals surface area (Å²) in [7, 11) is 0. The molecule has 0 spiro atoms. The van der Waals surface area contributed by atoms with Gasteiger partial charge in [-0.1, -0.05) is 31.9 Å². The van der Waals surface area contributed by atoms with Gasteiger partial charge in [-0.3, -0.25) is 0 Å². The molecule has 0 aromatic heterocycles. The second-order valence-corrected chi connectivity index (χ2v) is 4.51. The average Bonchev–Trinajstić information content (AvgIpc) is 2.19. The molecule has 14 heavy (non-hydrogen) atoms. The molecule has 76 valence electrons. The SMILES string of the molecule is CC1CCC(c2cccc(F)c2)CC1. The van der Waals surface area contributed by atoms with Gasteiger partial charge in [-0.05, 0) is 42.4 Å². The molecule has 0 N–H and O–H groups in total. The molecule has 0 saturated heterocycles. The molecule has 1 fully saturated rings. The minimum absolute atomic E-state index is 0.0962. The van der Waals surface area contributed by atoms with Crippen molar-refractivity contribution in [2.75, 3.05) is 0 Å². The third kappa shape index (κ3) is 2.14. The molecule has 1 saturated carbocycles. The highest BCUT2D eigenvalue weighted by Gasteiger charge is 2.19. The van der Waals surface area contributed by atoms with Crippen LogP contribution in [-0.2, 0) is 0 Å². The summed E-state index contributed by atoms with van der Waals surface area (Å²) in [5, 5.41) is 0. The van der Waals surface area contributed by atoms with Crippen LogP contribution in [0.3, 0.4) is 0 Å². The first-order chi connectivity index (χ1) is 6.75. The van der Waals surface area contributed by atoms with Crippen LogP contribution in [0.1, 0.15) is 44.1 Å². The molecule has 0 bridgehead atoms. The van der Waals surface area contributed by atoms with E-state index in [1.54, 1.807) is 6.07 Å². The van der Waals surface area contributed by atoms with Crippen LogP contribution in [0.4, 0.5) is 4.39 Å². The van der Waals surface area contributed by atoms with Crippen molar-refractivity contribution < 1.29 is 4.39 Å². The second-order valence-electron chi connectivity index (χ2n) is 4.51. The van der Waals surface area contributed by atoms with Crippen LogP contribution in [-0.4, -0.2) is 0 Å². The van der Waals surface area contributed by atoms with Crippen LogP contribution in [0.25, 0.3) is 0 Å². The lowest BCUT2D eigenvalue weighted by molar-refractivity contribution is 0.347. The summed E-state index contributed by atoms with van der Waals surface area (Å²) in [6, 6.07) is 7.10. The standard InChI is InChI=1S/C13H17F/c1-10-5-7-11(8-6-10)12-3-2-4-13(14)9-12/h2-4,9-11H,5-8H2,1H3. The molecule has 0 heterocycles. The van der Waals surface area contributed by atoms with E-state index in [0.29, 0.717) is 5.92 Å². The summed E-state index contributed by atoms with van der Waals surface area (Å²) in [5.41, 5.74) is 1.19. The smallest absolute Gasteiger partial charge is 0.123 e. The fourth-order valence-electron chi connectivity index (χ4n) is 2.35. The zero-order chi connectivity index (χ0) is 9.97. The van der Waals surface area contributed by atoms with Crippen molar-refractivity contribution >= 4 is 0 Å². The van der Waals surface area contributed by atoms with E-state index in [1.807, 2.05) is 6.07 Å². The van der Waals surface area contributed by atoms with Crippen molar-refractivity contribution in [2.45, 2.75) is 38.5 Å². The molecule has 0 nitrogen and oxygen atoms in total. The first-order valence-electron chi connectivity index (χ1n) is 5.51. The summed E-state index contributed by atoms with van der Waals surface area (Å²) in [6.45, 7) is 2.31. The van der Waals surface area contributed by atoms with E-state index in [9.17, 15) is 4.39 Å². The van der Waals surface area contributed by atoms with E-state index in [-0.39, 0.29) is 5.82 Å². The molecule has 1 aromatic carbocycles. The van der Waals surface area contributed by atoms with Crippen molar-refractivity contribution in [2.24, 2.45) is 5.92 Å². The zero-order valence-electron chi connectivity index (χ0n) is 8.67. The normalized spacial score (nSPS) is 27.6. The van der Waals surface area contributed by atoms with Crippen molar-refractivity contribution in [1.29, 1.82) is 0 Å². The molecule has 2 rings (SSSR count). The summed E-state index contributed by atoms with van der Waals surface area (Å²) in [5.74, 6) is 1.36. The maximum atomic E-state index is 13.0. The van der Waals surface area contributed by atoms with Gasteiger partial charge in [-0.2, -0.15) is 0 Å². The largest absolute Gasteiger partial charge is 0.207 e. The Hall–Kier alpha value is -0.850. The van der Waals surface area contributed by atoms with Crippen LogP contribution in [0.15, 0.2) is 24.3 Å². The molecule has 0 unspecified atom stereocenters. The van der Waals surface area contributed by atoms with Gasteiger partial charge in [-0.15, -0.1) is 0 Å². The van der Waals surface area contributed by atoms with Gasteiger partial charge >= 0.3 is 0 Å². The van der Waals surface area contributed by atoms with Gasteiger partial charge in [0.25, 0.3) is 0 Å². The molecule has 0 radical (unpaired) electrons. The Labute approximate surface area is 85.1 Å². The number of hydrogen-bond acceptors (Lipinski definition) is 0. The Bertz CT molecular complexity index is 298. The van der Waals surface area contributed by atoms with Gasteiger partial charge < -0.3 is 0 Å². The lowest BCUT2D eigenvalue weighted by atomic mass is 9.79. The predicted octanol–water partition coefficient (Wildman–Crippen LogP) is 4.12. The molecule has 1 aromatic rings. The van der Waals surface area contributed by atoms with E-state index in [1.165, 1.54) is 37.3 Å². The lowest BCUT2D eigenvalue weighted by Gasteiger charge is -2.26. The van der Waals surface area contributed by atoms with Crippen molar-refractivity contribution in [3.8, 4) is 0 Å². The van der Waals surface area contributed by atoms with Crippen LogP contribution >= 0.6 is 0 Å². The maximum absolute atomic E-state index is 13.0. The number of rotatable bonds is 1. The van der Waals surface area contributed by atoms with Gasteiger partial charge in [0.1, 0.15) is 5.82 Å². The van der Waals surface area contributed by atoms with E-state index < -0.39 is 0 Å². The van der Waals surface area contributed by atoms with E-state index in [0.717, 1.165) is 5.92 Å². The lowest BCUT2D eigenvalue weighted by Crippen LogP contribution is -2.10. The van der Waals surface area contributed by atoms with Crippen LogP contribution < -0.4 is 0 Å². The highest BCUT2D eigenvalue weighted by atomic mass is 19.1. The summed E-state index contributed by atoms with van der Waals surface area (Å²) in [4.78, 5) is 0. The Morgan fingerprint density at radius 2 is 1.86 bits per heavy atom. The van der Waals surface area contributed by atoms with Crippen LogP contribution in [0.2, 0.25) is 0 Å². The predicted molar refractivity (Wildman–Crippen MR) is 56.8 cm³/mol. The highest BCUT2D eigenvalue weighted by Crippen LogP contribution is 2.35. The van der Waals surface area contributed by atoms with Gasteiger partial charge in [0.2, 0.25) is 0 Å². The monoisotopic (exact) mass is 192 g/mol. The van der Waals surface area contributed by atoms with E-state index in [4.69, 9.17) is 0 Å². The number of hydrogen-bond donors (Lipinski definition) is 0. The first kappa shape index (κ1) is 9.70. The summed E-state index contributed by atoms with van der Waals surface area (Å²) >= 11 is 0. The summed E-state index contributed by atoms with van der Waals surface area (Å²) in [6.07, 6.45) is 5.04. The average molecular weight is 192 g/mol. The summed E-state index contributed by atoms with van der Waals surface area (Å²) < 4.78 is 13.0. The topological polar surface area (TPSA) is 0 Å². The first-order valence-corrected chi connectivity index (χ1v) is 5.51. The van der Waals surface area contributed by atoms with E-state index >= 15 is 0 Å². The Balaban J connectivity index is 2.08. The molecular formula is C13H17F. The highest BCUT2D eigenvalue weighted by molar-refractivity contribution is 5.21. The third-order valence-electron chi connectivity index (χ3n) is 3.34.